The Labute approximate surface area is 182 Å². The minimum absolute atomic E-state index is 0.00863. The van der Waals surface area contributed by atoms with Crippen molar-refractivity contribution in [2.24, 2.45) is 5.92 Å². The fourth-order valence-corrected chi connectivity index (χ4v) is 3.49. The van der Waals surface area contributed by atoms with Crippen molar-refractivity contribution in [1.29, 1.82) is 0 Å². The van der Waals surface area contributed by atoms with E-state index in [-0.39, 0.29) is 29.2 Å². The molecule has 1 saturated carbocycles. The van der Waals surface area contributed by atoms with Gasteiger partial charge >= 0.3 is 0 Å². The Morgan fingerprint density at radius 3 is 2.60 bits per heavy atom. The van der Waals surface area contributed by atoms with Gasteiger partial charge in [0, 0.05) is 13.0 Å². The molecule has 8 heteroatoms. The molecule has 0 radical (unpaired) electrons. The van der Waals surface area contributed by atoms with E-state index in [1.807, 2.05) is 44.2 Å². The highest BCUT2D eigenvalue weighted by Gasteiger charge is 2.31. The van der Waals surface area contributed by atoms with Gasteiger partial charge in [0.2, 0.25) is 17.7 Å². The van der Waals surface area contributed by atoms with Crippen LogP contribution in [0.2, 0.25) is 5.02 Å². The summed E-state index contributed by atoms with van der Waals surface area (Å²) in [6.07, 6.45) is 3.20. The topological polar surface area (TPSA) is 82.6 Å². The Bertz CT molecular complexity index is 830. The predicted octanol–water partition coefficient (Wildman–Crippen LogP) is 3.97. The third kappa shape index (κ3) is 6.31. The van der Waals surface area contributed by atoms with Crippen LogP contribution in [0.25, 0.3) is 0 Å². The maximum atomic E-state index is 11.0. The molecule has 1 aliphatic rings. The van der Waals surface area contributed by atoms with Crippen molar-refractivity contribution in [3.05, 3.63) is 47.2 Å². The van der Waals surface area contributed by atoms with Crippen LogP contribution >= 0.6 is 11.6 Å². The van der Waals surface area contributed by atoms with Gasteiger partial charge in [0.05, 0.1) is 19.3 Å². The molecule has 2 atom stereocenters. The van der Waals surface area contributed by atoms with E-state index in [1.165, 1.54) is 13.3 Å². The largest absolute Gasteiger partial charge is 0.476 e. The van der Waals surface area contributed by atoms with Crippen LogP contribution in [0.15, 0.2) is 36.7 Å². The quantitative estimate of drug-likeness (QED) is 0.610. The number of rotatable bonds is 10. The molecule has 0 spiro atoms. The lowest BCUT2D eigenvalue weighted by atomic mass is 9.83. The molecule has 162 valence electrons. The maximum absolute atomic E-state index is 11.0. The molecule has 1 amide bonds. The zero-order valence-corrected chi connectivity index (χ0v) is 18.3. The van der Waals surface area contributed by atoms with E-state index in [9.17, 15) is 4.79 Å². The fourth-order valence-electron chi connectivity index (χ4n) is 3.29. The zero-order chi connectivity index (χ0) is 21.5. The summed E-state index contributed by atoms with van der Waals surface area (Å²) in [7, 11) is 0. The van der Waals surface area contributed by atoms with Crippen LogP contribution in [0.3, 0.4) is 0 Å². The third-order valence-corrected chi connectivity index (χ3v) is 5.29. The molecule has 30 heavy (non-hydrogen) atoms. The summed E-state index contributed by atoms with van der Waals surface area (Å²) >= 11 is 6.41. The minimum atomic E-state index is -0.198. The summed E-state index contributed by atoms with van der Waals surface area (Å²) in [5, 5.41) is 3.08. The molecule has 1 N–H and O–H groups in total. The monoisotopic (exact) mass is 433 g/mol. The second-order valence-corrected chi connectivity index (χ2v) is 8.05. The summed E-state index contributed by atoms with van der Waals surface area (Å²) in [4.78, 5) is 19.3. The number of ether oxygens (including phenoxy) is 3. The Morgan fingerprint density at radius 2 is 1.90 bits per heavy atom. The summed E-state index contributed by atoms with van der Waals surface area (Å²) < 4.78 is 17.5. The molecule has 1 fully saturated rings. The number of nitrogens with zero attached hydrogens (tertiary/aromatic N) is 2. The van der Waals surface area contributed by atoms with E-state index in [4.69, 9.17) is 25.8 Å². The highest BCUT2D eigenvalue weighted by molar-refractivity contribution is 6.33. The summed E-state index contributed by atoms with van der Waals surface area (Å²) in [6, 6.07) is 9.86. The van der Waals surface area contributed by atoms with E-state index in [1.54, 1.807) is 0 Å². The first-order chi connectivity index (χ1) is 14.4. The van der Waals surface area contributed by atoms with Crippen LogP contribution in [-0.4, -0.2) is 41.2 Å². The highest BCUT2D eigenvalue weighted by atomic mass is 35.5. The van der Waals surface area contributed by atoms with Crippen LogP contribution in [0.4, 0.5) is 0 Å². The molecular weight excluding hydrogens is 406 g/mol. The molecule has 1 heterocycles. The van der Waals surface area contributed by atoms with Gasteiger partial charge in [0.15, 0.2) is 5.02 Å². The number of carbonyl (C=O) groups is 1. The van der Waals surface area contributed by atoms with Crippen molar-refractivity contribution < 1.29 is 19.0 Å². The van der Waals surface area contributed by atoms with E-state index in [0.717, 1.165) is 18.4 Å². The fraction of sp³-hybridized carbons (Fsp3) is 0.500. The molecule has 0 aliphatic heterocycles. The number of hydrogen-bond donors (Lipinski definition) is 1. The number of amides is 1. The smallest absolute Gasteiger partial charge is 0.240 e. The van der Waals surface area contributed by atoms with Crippen LogP contribution in [0.1, 0.15) is 45.3 Å². The molecular formula is C22H28ClN3O4. The predicted molar refractivity (Wildman–Crippen MR) is 114 cm³/mol. The molecule has 1 aromatic heterocycles. The van der Waals surface area contributed by atoms with Gasteiger partial charge in [0.25, 0.3) is 0 Å². The van der Waals surface area contributed by atoms with Gasteiger partial charge in [-0.1, -0.05) is 41.9 Å². The normalized spacial score (nSPS) is 20.0. The third-order valence-electron chi connectivity index (χ3n) is 4.96. The highest BCUT2D eigenvalue weighted by Crippen LogP contribution is 2.35. The second-order valence-electron chi connectivity index (χ2n) is 7.67. The first-order valence-electron chi connectivity index (χ1n) is 10.2. The molecule has 1 aliphatic carbocycles. The van der Waals surface area contributed by atoms with Crippen LogP contribution in [0.5, 0.6) is 11.8 Å². The number of carbonyl (C=O) groups excluding carboxylic acids is 1. The number of hydrogen-bond acceptors (Lipinski definition) is 6. The first kappa shape index (κ1) is 22.3. The van der Waals surface area contributed by atoms with Gasteiger partial charge in [-0.2, -0.15) is 0 Å². The molecule has 2 aromatic rings. The van der Waals surface area contributed by atoms with E-state index in [0.29, 0.717) is 30.9 Å². The van der Waals surface area contributed by atoms with E-state index >= 15 is 0 Å². The Kier molecular flexibility index (Phi) is 7.87. The van der Waals surface area contributed by atoms with Crippen molar-refractivity contribution in [2.45, 2.75) is 51.9 Å². The molecule has 0 bridgehead atoms. The lowest BCUT2D eigenvalue weighted by Gasteiger charge is -2.35. The lowest BCUT2D eigenvalue weighted by molar-refractivity contribution is -0.120. The van der Waals surface area contributed by atoms with Gasteiger partial charge in [-0.3, -0.25) is 4.79 Å². The Balaban J connectivity index is 1.43. The number of nitrogens with one attached hydrogen (secondary N) is 1. The molecule has 3 rings (SSSR count). The number of aromatic nitrogens is 2. The average Bonchev–Trinajstić information content (AvgIpc) is 2.69. The lowest BCUT2D eigenvalue weighted by Crippen LogP contribution is -2.40. The molecule has 1 unspecified atom stereocenters. The van der Waals surface area contributed by atoms with E-state index < -0.39 is 0 Å². The van der Waals surface area contributed by atoms with Crippen molar-refractivity contribution in [1.82, 2.24) is 15.3 Å². The average molecular weight is 434 g/mol. The van der Waals surface area contributed by atoms with Gasteiger partial charge < -0.3 is 19.5 Å². The van der Waals surface area contributed by atoms with Crippen LogP contribution in [-0.2, 0) is 9.53 Å². The van der Waals surface area contributed by atoms with Crippen LogP contribution < -0.4 is 14.8 Å². The zero-order valence-electron chi connectivity index (χ0n) is 17.5. The van der Waals surface area contributed by atoms with Crippen LogP contribution in [0, 0.1) is 5.92 Å². The Hall–Kier alpha value is -2.38. The molecule has 7 nitrogen and oxygen atoms in total. The van der Waals surface area contributed by atoms with Crippen molar-refractivity contribution in [3.63, 3.8) is 0 Å². The SMILES string of the molecule is CC(=O)N[C@@H](C)CO[C@H]1C[C@H](COc2ncnc(OC(C)c3ccccc3)c2Cl)C1. The summed E-state index contributed by atoms with van der Waals surface area (Å²) in [6.45, 7) is 6.39. The van der Waals surface area contributed by atoms with Crippen molar-refractivity contribution in [3.8, 4) is 11.8 Å². The second kappa shape index (κ2) is 10.6. The van der Waals surface area contributed by atoms with Gasteiger partial charge in [-0.05, 0) is 38.2 Å². The first-order valence-corrected chi connectivity index (χ1v) is 10.5. The molecule has 0 saturated heterocycles. The summed E-state index contributed by atoms with van der Waals surface area (Å²) in [5.41, 5.74) is 1.03. The van der Waals surface area contributed by atoms with Crippen molar-refractivity contribution >= 4 is 17.5 Å². The van der Waals surface area contributed by atoms with Gasteiger partial charge in [0.1, 0.15) is 12.4 Å². The van der Waals surface area contributed by atoms with Crippen molar-refractivity contribution in [2.75, 3.05) is 13.2 Å². The van der Waals surface area contributed by atoms with Gasteiger partial charge in [-0.25, -0.2) is 9.97 Å². The van der Waals surface area contributed by atoms with Gasteiger partial charge in [-0.15, -0.1) is 0 Å². The number of halogens is 1. The summed E-state index contributed by atoms with van der Waals surface area (Å²) in [5.74, 6) is 0.962. The maximum Gasteiger partial charge on any atom is 0.240 e. The van der Waals surface area contributed by atoms with E-state index in [2.05, 4.69) is 15.3 Å². The Morgan fingerprint density at radius 1 is 1.20 bits per heavy atom. The standard InChI is InChI=1S/C22H28ClN3O4/c1-14(26-16(3)27)11-28-19-9-17(10-19)12-29-21-20(23)22(25-13-24-21)30-15(2)18-7-5-4-6-8-18/h4-8,13-15,17,19H,9-12H2,1-3H3,(H,26,27)/t14-,15?,17-,19-/m0/s1. The molecule has 1 aromatic carbocycles. The minimum Gasteiger partial charge on any atom is -0.476 e. The number of benzene rings is 1.